The van der Waals surface area contributed by atoms with Crippen LogP contribution in [0, 0.1) is 0 Å². The summed E-state index contributed by atoms with van der Waals surface area (Å²) in [6.07, 6.45) is 3.85. The number of carbonyl (C=O) groups excluding carboxylic acids is 1. The van der Waals surface area contributed by atoms with E-state index in [-0.39, 0.29) is 5.91 Å². The van der Waals surface area contributed by atoms with Crippen molar-refractivity contribution in [2.24, 2.45) is 5.73 Å². The molecule has 96 valence electrons. The van der Waals surface area contributed by atoms with E-state index in [4.69, 9.17) is 17.3 Å². The zero-order valence-electron chi connectivity index (χ0n) is 10.2. The third kappa shape index (κ3) is 2.02. The Morgan fingerprint density at radius 2 is 2.00 bits per heavy atom. The van der Waals surface area contributed by atoms with Gasteiger partial charge in [0.2, 0.25) is 5.91 Å². The quantitative estimate of drug-likeness (QED) is 0.876. The molecular formula is C14H17ClN2O. The van der Waals surface area contributed by atoms with Gasteiger partial charge in [-0.1, -0.05) is 29.8 Å². The molecule has 2 fully saturated rings. The van der Waals surface area contributed by atoms with Gasteiger partial charge in [-0.15, -0.1) is 0 Å². The highest BCUT2D eigenvalue weighted by Gasteiger charge is 2.51. The predicted molar refractivity (Wildman–Crippen MR) is 71.5 cm³/mol. The number of nitrogens with one attached hydrogen (secondary N) is 1. The molecule has 2 aliphatic rings. The number of hydrogen-bond acceptors (Lipinski definition) is 2. The van der Waals surface area contributed by atoms with E-state index < -0.39 is 5.54 Å². The lowest BCUT2D eigenvalue weighted by atomic mass is 9.75. The van der Waals surface area contributed by atoms with Crippen molar-refractivity contribution in [2.45, 2.75) is 43.2 Å². The molecule has 0 heterocycles. The van der Waals surface area contributed by atoms with Crippen molar-refractivity contribution in [3.8, 4) is 0 Å². The molecule has 1 aromatic rings. The van der Waals surface area contributed by atoms with Crippen molar-refractivity contribution >= 4 is 17.5 Å². The van der Waals surface area contributed by atoms with Gasteiger partial charge in [0.1, 0.15) is 0 Å². The predicted octanol–water partition coefficient (Wildman–Crippen LogP) is 2.19. The van der Waals surface area contributed by atoms with E-state index in [9.17, 15) is 4.79 Å². The third-order valence-electron chi connectivity index (χ3n) is 4.19. The van der Waals surface area contributed by atoms with Gasteiger partial charge >= 0.3 is 0 Å². The maximum Gasteiger partial charge on any atom is 0.237 e. The second-order valence-electron chi connectivity index (χ2n) is 5.48. The number of amides is 1. The number of nitrogens with two attached hydrogens (primary N) is 1. The molecule has 0 atom stereocenters. The number of hydrogen-bond donors (Lipinski definition) is 2. The van der Waals surface area contributed by atoms with Gasteiger partial charge in [0.15, 0.2) is 0 Å². The topological polar surface area (TPSA) is 55.1 Å². The smallest absolute Gasteiger partial charge is 0.237 e. The third-order valence-corrected chi connectivity index (χ3v) is 4.53. The molecule has 0 aromatic heterocycles. The molecule has 3 N–H and O–H groups in total. The Hall–Kier alpha value is -1.06. The maximum absolute atomic E-state index is 11.3. The Labute approximate surface area is 112 Å². The Bertz CT molecular complexity index is 478. The van der Waals surface area contributed by atoms with Gasteiger partial charge in [-0.2, -0.15) is 0 Å². The van der Waals surface area contributed by atoms with Crippen LogP contribution in [0.3, 0.4) is 0 Å². The number of halogens is 1. The zero-order valence-corrected chi connectivity index (χ0v) is 10.9. The molecule has 0 unspecified atom stereocenters. The largest absolute Gasteiger partial charge is 0.368 e. The minimum absolute atomic E-state index is 0.205. The Morgan fingerprint density at radius 1 is 1.33 bits per heavy atom. The summed E-state index contributed by atoms with van der Waals surface area (Å²) in [6.45, 7) is 0. The summed E-state index contributed by atoms with van der Waals surface area (Å²) in [6, 6.07) is 8.40. The van der Waals surface area contributed by atoms with Gasteiger partial charge in [-0.3, -0.25) is 4.79 Å². The van der Waals surface area contributed by atoms with Gasteiger partial charge in [0.25, 0.3) is 0 Å². The first-order valence-corrected chi connectivity index (χ1v) is 6.80. The molecule has 0 saturated heterocycles. The molecule has 1 aromatic carbocycles. The summed E-state index contributed by atoms with van der Waals surface area (Å²) in [5.74, 6) is 0.309. The zero-order chi connectivity index (χ0) is 12.8. The van der Waals surface area contributed by atoms with Crippen molar-refractivity contribution in [1.29, 1.82) is 0 Å². The summed E-state index contributed by atoms with van der Waals surface area (Å²) < 4.78 is 0. The van der Waals surface area contributed by atoms with Gasteiger partial charge in [0.05, 0.1) is 5.54 Å². The fraction of sp³-hybridized carbons (Fsp3) is 0.500. The van der Waals surface area contributed by atoms with E-state index in [1.807, 2.05) is 18.2 Å². The molecule has 0 bridgehead atoms. The number of rotatable bonds is 4. The van der Waals surface area contributed by atoms with Crippen molar-refractivity contribution in [2.75, 3.05) is 0 Å². The molecule has 3 rings (SSSR count). The molecule has 18 heavy (non-hydrogen) atoms. The molecule has 0 radical (unpaired) electrons. The molecule has 4 heteroatoms. The van der Waals surface area contributed by atoms with E-state index in [1.54, 1.807) is 0 Å². The molecule has 0 aliphatic heterocycles. The van der Waals surface area contributed by atoms with Crippen LogP contribution in [0.1, 0.15) is 37.2 Å². The fourth-order valence-corrected chi connectivity index (χ4v) is 3.06. The maximum atomic E-state index is 11.3. The second-order valence-corrected chi connectivity index (χ2v) is 5.88. The number of carbonyl (C=O) groups is 1. The van der Waals surface area contributed by atoms with Crippen molar-refractivity contribution in [3.63, 3.8) is 0 Å². The van der Waals surface area contributed by atoms with Crippen LogP contribution in [-0.4, -0.2) is 17.5 Å². The minimum Gasteiger partial charge on any atom is -0.368 e. The monoisotopic (exact) mass is 264 g/mol. The van der Waals surface area contributed by atoms with Crippen LogP contribution < -0.4 is 11.1 Å². The van der Waals surface area contributed by atoms with Crippen LogP contribution in [0.25, 0.3) is 0 Å². The van der Waals surface area contributed by atoms with Crippen LogP contribution >= 0.6 is 11.6 Å². The van der Waals surface area contributed by atoms with Gasteiger partial charge in [0, 0.05) is 11.1 Å². The molecule has 0 spiro atoms. The SMILES string of the molecule is NC(=O)C1(NC2CC(c3ccccc3Cl)C2)CC1. The molecule has 2 saturated carbocycles. The van der Waals surface area contributed by atoms with Crippen molar-refractivity contribution < 1.29 is 4.79 Å². The normalized spacial score (nSPS) is 28.5. The Kier molecular flexibility index (Phi) is 2.83. The summed E-state index contributed by atoms with van der Waals surface area (Å²) in [7, 11) is 0. The lowest BCUT2D eigenvalue weighted by Crippen LogP contribution is -2.52. The summed E-state index contributed by atoms with van der Waals surface area (Å²) in [4.78, 5) is 11.3. The lowest BCUT2D eigenvalue weighted by molar-refractivity contribution is -0.121. The first-order valence-electron chi connectivity index (χ1n) is 6.43. The number of primary amides is 1. The molecule has 1 amide bonds. The van der Waals surface area contributed by atoms with E-state index in [1.165, 1.54) is 5.56 Å². The van der Waals surface area contributed by atoms with E-state index in [2.05, 4.69) is 11.4 Å². The van der Waals surface area contributed by atoms with Crippen LogP contribution in [-0.2, 0) is 4.79 Å². The van der Waals surface area contributed by atoms with Crippen LogP contribution in [0.15, 0.2) is 24.3 Å². The van der Waals surface area contributed by atoms with E-state index in [0.29, 0.717) is 12.0 Å². The number of benzene rings is 1. The van der Waals surface area contributed by atoms with Gasteiger partial charge in [-0.25, -0.2) is 0 Å². The summed E-state index contributed by atoms with van der Waals surface area (Å²) in [5.41, 5.74) is 6.24. The van der Waals surface area contributed by atoms with Crippen molar-refractivity contribution in [1.82, 2.24) is 5.32 Å². The van der Waals surface area contributed by atoms with Crippen LogP contribution in [0.2, 0.25) is 5.02 Å². The average Bonchev–Trinajstić information content (AvgIpc) is 3.05. The molecule has 2 aliphatic carbocycles. The Morgan fingerprint density at radius 3 is 2.56 bits per heavy atom. The minimum atomic E-state index is -0.393. The van der Waals surface area contributed by atoms with Gasteiger partial charge in [-0.05, 0) is 43.2 Å². The van der Waals surface area contributed by atoms with E-state index >= 15 is 0 Å². The fourth-order valence-electron chi connectivity index (χ4n) is 2.77. The van der Waals surface area contributed by atoms with Gasteiger partial charge < -0.3 is 11.1 Å². The summed E-state index contributed by atoms with van der Waals surface area (Å²) >= 11 is 6.18. The molecule has 3 nitrogen and oxygen atoms in total. The van der Waals surface area contributed by atoms with Crippen LogP contribution in [0.5, 0.6) is 0 Å². The summed E-state index contributed by atoms with van der Waals surface area (Å²) in [5, 5.41) is 4.25. The lowest BCUT2D eigenvalue weighted by Gasteiger charge is -2.38. The highest BCUT2D eigenvalue weighted by atomic mass is 35.5. The molecular weight excluding hydrogens is 248 g/mol. The first-order chi connectivity index (χ1) is 8.61. The average molecular weight is 265 g/mol. The second kappa shape index (κ2) is 4.25. The standard InChI is InChI=1S/C14H17ClN2O/c15-12-4-2-1-3-11(12)9-7-10(8-9)17-14(5-6-14)13(16)18/h1-4,9-10,17H,5-8H2,(H2,16,18). The first kappa shape index (κ1) is 12.0. The highest BCUT2D eigenvalue weighted by molar-refractivity contribution is 6.31. The Balaban J connectivity index is 1.58. The van der Waals surface area contributed by atoms with Crippen molar-refractivity contribution in [3.05, 3.63) is 34.9 Å². The van der Waals surface area contributed by atoms with E-state index in [0.717, 1.165) is 30.7 Å². The van der Waals surface area contributed by atoms with Crippen LogP contribution in [0.4, 0.5) is 0 Å². The highest BCUT2D eigenvalue weighted by Crippen LogP contribution is 2.43.